The van der Waals surface area contributed by atoms with Crippen molar-refractivity contribution >= 4 is 40.3 Å². The molecule has 2 amide bonds. The lowest BCUT2D eigenvalue weighted by Crippen LogP contribution is -2.54. The number of anilines is 3. The molecule has 1 aliphatic carbocycles. The van der Waals surface area contributed by atoms with E-state index in [-0.39, 0.29) is 54.7 Å². The second-order valence-electron chi connectivity index (χ2n) is 22.1. The molecular weight excluding hydrogens is 1020 g/mol. The molecule has 8 heterocycles. The number of phenolic OH excluding ortho intramolecular Hbond substituents is 1. The average molecular weight is 1100 g/mol. The summed E-state index contributed by atoms with van der Waals surface area (Å²) in [5.74, 6) is 0.369. The zero-order chi connectivity index (χ0) is 54.7. The van der Waals surface area contributed by atoms with Crippen LogP contribution in [0.3, 0.4) is 0 Å². The van der Waals surface area contributed by atoms with Crippen molar-refractivity contribution in [1.82, 2.24) is 45.3 Å². The third-order valence-electron chi connectivity index (χ3n) is 16.4. The lowest BCUT2D eigenvalue weighted by atomic mass is 9.91. The van der Waals surface area contributed by atoms with Gasteiger partial charge in [0.15, 0.2) is 11.6 Å². The smallest absolute Gasteiger partial charge is 0.254 e. The number of piperazine rings is 2. The number of aromatic hydroxyl groups is 1. The highest BCUT2D eigenvalue weighted by Crippen LogP contribution is 2.41. The number of nitrogen functional groups attached to an aromatic ring is 1. The molecule has 0 radical (unpaired) electrons. The molecule has 6 aromatic rings. The summed E-state index contributed by atoms with van der Waals surface area (Å²) >= 11 is 1.59. The van der Waals surface area contributed by atoms with E-state index >= 15 is 0 Å². The predicted molar refractivity (Wildman–Crippen MR) is 300 cm³/mol. The molecule has 1 saturated carbocycles. The minimum absolute atomic E-state index is 0.0553. The number of likely N-dealkylation sites (tertiary alicyclic amines) is 1. The van der Waals surface area contributed by atoms with Crippen molar-refractivity contribution in [2.75, 3.05) is 87.7 Å². The van der Waals surface area contributed by atoms with Crippen molar-refractivity contribution in [1.29, 1.82) is 0 Å². The van der Waals surface area contributed by atoms with Gasteiger partial charge in [-0.15, -0.1) is 21.5 Å². The summed E-state index contributed by atoms with van der Waals surface area (Å²) in [7, 11) is 0. The Hall–Kier alpha value is -6.91. The number of nitrogens with zero attached hydrogens (tertiary/aromatic N) is 10. The van der Waals surface area contributed by atoms with E-state index in [2.05, 4.69) is 62.4 Å². The van der Waals surface area contributed by atoms with Gasteiger partial charge in [-0.3, -0.25) is 19.4 Å². The molecule has 6 atom stereocenters. The summed E-state index contributed by atoms with van der Waals surface area (Å²) in [6.45, 7) is 15.8. The molecule has 4 aromatic heterocycles. The van der Waals surface area contributed by atoms with Crippen LogP contribution >= 0.6 is 11.3 Å². The first kappa shape index (κ1) is 54.1. The molecule has 2 bridgehead atoms. The van der Waals surface area contributed by atoms with Crippen molar-refractivity contribution in [3.05, 3.63) is 102 Å². The SMILES string of the molecule is Cc1ncsc1-c1ccc([C@H](C)NC(=O)[C@@H]2C[C@@H](O)CN2C(=O)[C@@H](c2cc(OCCN3CCN(CCO[C@H]4C[C@H](Oc5cc(N6C7CCC6CN(c6cc(-c8ccccc8O)nnc6N)C7)ccn5)C4)CC3)no2)C(C)C)cc1. The van der Waals surface area contributed by atoms with Crippen molar-refractivity contribution in [3.8, 4) is 39.2 Å². The van der Waals surface area contributed by atoms with Crippen LogP contribution in [0.1, 0.15) is 81.9 Å². The molecule has 5 fully saturated rings. The van der Waals surface area contributed by atoms with Crippen LogP contribution in [0.25, 0.3) is 21.7 Å². The number of nitrogens with one attached hydrogen (secondary N) is 1. The van der Waals surface area contributed by atoms with E-state index in [1.165, 1.54) is 4.90 Å². The largest absolute Gasteiger partial charge is 0.507 e. The van der Waals surface area contributed by atoms with Crippen LogP contribution in [0.2, 0.25) is 0 Å². The summed E-state index contributed by atoms with van der Waals surface area (Å²) < 4.78 is 24.5. The highest BCUT2D eigenvalue weighted by Gasteiger charge is 2.44. The number of para-hydroxylation sites is 1. The highest BCUT2D eigenvalue weighted by molar-refractivity contribution is 7.13. The standard InChI is InChI=1S/C58H72N12O8S/c1-35(2)54(58(74)69-33-43(71)26-49(69)57(73)62-36(3)38-9-11-39(12-10-38)55-37(4)61-34-79-55)51-30-53(65-78-51)76-24-22-67-19-17-66(18-20-67)21-23-75-44-27-45(28-44)77-52-25-40(15-16-60-52)70-41-13-14-42(70)32-68(31-41)48-29-47(63-64-56(48)59)46-7-5-6-8-50(46)72/h5-12,15-16,25,29-30,34-36,41-45,49,54,71-72H,13-14,17-24,26-28,31-33H2,1-4H3,(H2,59,64)(H,62,73)/t36-,41?,42?,43+,44-,45-,49-,54+/m0/s1. The van der Waals surface area contributed by atoms with E-state index in [4.69, 9.17) is 24.5 Å². The van der Waals surface area contributed by atoms with Gasteiger partial charge in [0.05, 0.1) is 52.3 Å². The van der Waals surface area contributed by atoms with Gasteiger partial charge in [-0.1, -0.05) is 50.2 Å². The number of benzene rings is 2. The second kappa shape index (κ2) is 23.8. The van der Waals surface area contributed by atoms with E-state index in [1.54, 1.807) is 29.5 Å². The summed E-state index contributed by atoms with van der Waals surface area (Å²) in [5, 5.41) is 37.0. The monoisotopic (exact) mass is 1100 g/mol. The normalized spacial score (nSPS) is 23.2. The van der Waals surface area contributed by atoms with Gasteiger partial charge in [-0.2, -0.15) is 0 Å². The fourth-order valence-corrected chi connectivity index (χ4v) is 12.8. The second-order valence-corrected chi connectivity index (χ2v) is 23.0. The highest BCUT2D eigenvalue weighted by atomic mass is 32.1. The molecular formula is C58H72N12O8S. The molecule has 5 N–H and O–H groups in total. The zero-order valence-corrected chi connectivity index (χ0v) is 46.2. The Labute approximate surface area is 464 Å². The molecule has 5 aliphatic rings. The fourth-order valence-electron chi connectivity index (χ4n) is 12.0. The first-order chi connectivity index (χ1) is 38.3. The number of nitrogens with two attached hydrogens (primary N) is 1. The summed E-state index contributed by atoms with van der Waals surface area (Å²) in [6, 6.07) is 22.4. The van der Waals surface area contributed by atoms with E-state index in [0.29, 0.717) is 59.9 Å². The van der Waals surface area contributed by atoms with Crippen LogP contribution in [0, 0.1) is 12.8 Å². The molecule has 2 aromatic carbocycles. The number of thiazole rings is 1. The zero-order valence-electron chi connectivity index (χ0n) is 45.4. The van der Waals surface area contributed by atoms with Crippen molar-refractivity contribution in [3.63, 3.8) is 0 Å². The molecule has 418 valence electrons. The number of carbonyl (C=O) groups excluding carboxylic acids is 2. The maximum absolute atomic E-state index is 14.2. The number of aryl methyl sites for hydroxylation is 1. The number of fused-ring (bicyclic) bond motifs is 2. The van der Waals surface area contributed by atoms with Gasteiger partial charge in [0.1, 0.15) is 30.4 Å². The number of aromatic nitrogens is 5. The van der Waals surface area contributed by atoms with Gasteiger partial charge in [-0.05, 0) is 73.2 Å². The first-order valence-electron chi connectivity index (χ1n) is 27.8. The van der Waals surface area contributed by atoms with E-state index in [0.717, 1.165) is 111 Å². The minimum Gasteiger partial charge on any atom is -0.507 e. The first-order valence-corrected chi connectivity index (χ1v) is 28.7. The van der Waals surface area contributed by atoms with Gasteiger partial charge in [0, 0.05) is 120 Å². The number of ether oxygens (including phenoxy) is 3. The Morgan fingerprint density at radius 2 is 1.59 bits per heavy atom. The number of amides is 2. The lowest BCUT2D eigenvalue weighted by molar-refractivity contribution is -0.141. The molecule has 4 saturated heterocycles. The maximum Gasteiger partial charge on any atom is 0.254 e. The van der Waals surface area contributed by atoms with E-state index in [1.807, 2.05) is 81.9 Å². The van der Waals surface area contributed by atoms with E-state index < -0.39 is 18.1 Å². The van der Waals surface area contributed by atoms with Gasteiger partial charge in [0.2, 0.25) is 17.7 Å². The molecule has 11 rings (SSSR count). The summed E-state index contributed by atoms with van der Waals surface area (Å²) in [4.78, 5) is 49.2. The third kappa shape index (κ3) is 12.2. The summed E-state index contributed by atoms with van der Waals surface area (Å²) in [5.41, 5.74) is 14.4. The molecule has 2 unspecified atom stereocenters. The third-order valence-corrected chi connectivity index (χ3v) is 17.4. The number of pyridine rings is 1. The van der Waals surface area contributed by atoms with Gasteiger partial charge >= 0.3 is 0 Å². The predicted octanol–water partition coefficient (Wildman–Crippen LogP) is 6.31. The van der Waals surface area contributed by atoms with Crippen LogP contribution in [-0.4, -0.2) is 171 Å². The number of aliphatic hydroxyl groups is 1. The number of aliphatic hydroxyl groups excluding tert-OH is 1. The number of hydrogen-bond acceptors (Lipinski definition) is 19. The Morgan fingerprint density at radius 1 is 0.861 bits per heavy atom. The topological polar surface area (TPSA) is 234 Å². The number of carbonyl (C=O) groups is 2. The van der Waals surface area contributed by atoms with Crippen LogP contribution < -0.4 is 30.3 Å². The Balaban J connectivity index is 0.578. The van der Waals surface area contributed by atoms with Crippen molar-refractivity contribution in [2.24, 2.45) is 5.92 Å². The molecule has 21 heteroatoms. The molecule has 4 aliphatic heterocycles. The lowest BCUT2D eigenvalue weighted by Gasteiger charge is -2.43. The quantitative estimate of drug-likeness (QED) is 0.0656. The Kier molecular flexibility index (Phi) is 16.3. The van der Waals surface area contributed by atoms with Gasteiger partial charge in [0.25, 0.3) is 5.88 Å². The van der Waals surface area contributed by atoms with Crippen molar-refractivity contribution in [2.45, 2.75) is 108 Å². The molecule has 20 nitrogen and oxygen atoms in total. The summed E-state index contributed by atoms with van der Waals surface area (Å²) in [6.07, 6.45) is 5.22. The van der Waals surface area contributed by atoms with Gasteiger partial charge in [-0.25, -0.2) is 9.97 Å². The number of β-amino-alcohol motifs (C(OH)–C–C–N with tert-alkyl or cyclic N) is 1. The number of rotatable bonds is 20. The van der Waals surface area contributed by atoms with Crippen molar-refractivity contribution < 1.29 is 38.5 Å². The maximum atomic E-state index is 14.2. The molecule has 79 heavy (non-hydrogen) atoms. The minimum atomic E-state index is -0.827. The van der Waals surface area contributed by atoms with Gasteiger partial charge < -0.3 is 54.7 Å². The van der Waals surface area contributed by atoms with Crippen LogP contribution in [0.5, 0.6) is 17.5 Å². The Bertz CT molecular complexity index is 3040. The van der Waals surface area contributed by atoms with Crippen LogP contribution in [0.15, 0.2) is 89.0 Å². The number of phenols is 1. The average Bonchev–Trinajstić information content (AvgIpc) is 4.25. The van der Waals surface area contributed by atoms with Crippen LogP contribution in [-0.2, 0) is 14.3 Å². The van der Waals surface area contributed by atoms with Crippen LogP contribution in [0.4, 0.5) is 17.2 Å². The fraction of sp³-hybridized carbons (Fsp3) is 0.500. The Morgan fingerprint density at radius 3 is 2.30 bits per heavy atom. The number of hydrogen-bond donors (Lipinski definition) is 4. The van der Waals surface area contributed by atoms with E-state index in [9.17, 15) is 19.8 Å². The molecule has 0 spiro atoms.